The summed E-state index contributed by atoms with van der Waals surface area (Å²) in [7, 11) is 0. The van der Waals surface area contributed by atoms with Crippen LogP contribution < -0.4 is 10.6 Å². The highest BCUT2D eigenvalue weighted by atomic mass is 19.4. The molecule has 0 aliphatic carbocycles. The van der Waals surface area contributed by atoms with Crippen molar-refractivity contribution in [2.24, 2.45) is 0 Å². The average Bonchev–Trinajstić information content (AvgIpc) is 2.92. The molecule has 25 heavy (non-hydrogen) atoms. The summed E-state index contributed by atoms with van der Waals surface area (Å²) in [5.41, 5.74) is -0.327. The average molecular weight is 356 g/mol. The van der Waals surface area contributed by atoms with Crippen LogP contribution in [-0.2, 0) is 6.18 Å². The third kappa shape index (κ3) is 3.72. The lowest BCUT2D eigenvalue weighted by Gasteiger charge is -2.16. The first-order chi connectivity index (χ1) is 11.8. The molecule has 2 aromatic rings. The van der Waals surface area contributed by atoms with Crippen LogP contribution in [-0.4, -0.2) is 40.3 Å². The number of benzene rings is 1. The van der Waals surface area contributed by atoms with Crippen LogP contribution in [0.4, 0.5) is 23.5 Å². The van der Waals surface area contributed by atoms with E-state index in [0.29, 0.717) is 30.4 Å². The summed E-state index contributed by atoms with van der Waals surface area (Å²) in [4.78, 5) is 8.29. The Hall–Kier alpha value is -2.26. The van der Waals surface area contributed by atoms with Crippen molar-refractivity contribution >= 4 is 5.95 Å². The van der Waals surface area contributed by atoms with E-state index >= 15 is 0 Å². The predicted molar refractivity (Wildman–Crippen MR) is 83.5 cm³/mol. The van der Waals surface area contributed by atoms with Gasteiger partial charge in [0.1, 0.15) is 5.82 Å². The standard InChI is InChI=1S/C16H16F4N4O/c1-8-11(10-3-2-9(4-12(10)17)16(18,19)20)5-22-15(23-8)24-13-6-21-7-14(13)25/h2-5,13-14,21,25H,6-7H2,1H3,(H,22,23,24). The lowest BCUT2D eigenvalue weighted by atomic mass is 10.0. The maximum atomic E-state index is 14.1. The van der Waals surface area contributed by atoms with Crippen LogP contribution in [0.3, 0.4) is 0 Å². The summed E-state index contributed by atoms with van der Waals surface area (Å²) in [5, 5.41) is 15.7. The van der Waals surface area contributed by atoms with Crippen LogP contribution in [0, 0.1) is 12.7 Å². The Bertz CT molecular complexity index is 781. The molecule has 1 aromatic carbocycles. The molecule has 0 bridgehead atoms. The Labute approximate surface area is 141 Å². The van der Waals surface area contributed by atoms with Gasteiger partial charge in [0.05, 0.1) is 23.4 Å². The van der Waals surface area contributed by atoms with Crippen LogP contribution in [0.1, 0.15) is 11.3 Å². The quantitative estimate of drug-likeness (QED) is 0.737. The zero-order chi connectivity index (χ0) is 18.2. The minimum Gasteiger partial charge on any atom is -0.390 e. The van der Waals surface area contributed by atoms with E-state index in [1.807, 2.05) is 0 Å². The first kappa shape index (κ1) is 17.6. The van der Waals surface area contributed by atoms with Crippen LogP contribution in [0.15, 0.2) is 24.4 Å². The first-order valence-electron chi connectivity index (χ1n) is 7.62. The van der Waals surface area contributed by atoms with Crippen molar-refractivity contribution in [1.29, 1.82) is 0 Å². The van der Waals surface area contributed by atoms with Gasteiger partial charge in [0.2, 0.25) is 5.95 Å². The summed E-state index contributed by atoms with van der Waals surface area (Å²) in [6, 6.07) is 2.11. The smallest absolute Gasteiger partial charge is 0.390 e. The fourth-order valence-corrected chi connectivity index (χ4v) is 2.69. The van der Waals surface area contributed by atoms with Crippen molar-refractivity contribution in [2.45, 2.75) is 25.2 Å². The molecular weight excluding hydrogens is 340 g/mol. The molecule has 134 valence electrons. The Morgan fingerprint density at radius 3 is 2.56 bits per heavy atom. The van der Waals surface area contributed by atoms with Gasteiger partial charge >= 0.3 is 6.18 Å². The SMILES string of the molecule is Cc1nc(NC2CNCC2O)ncc1-c1ccc(C(F)(F)F)cc1F. The normalized spacial score (nSPS) is 20.7. The summed E-state index contributed by atoms with van der Waals surface area (Å²) in [6.07, 6.45) is -3.82. The Morgan fingerprint density at radius 2 is 2.00 bits per heavy atom. The van der Waals surface area contributed by atoms with Gasteiger partial charge in [-0.2, -0.15) is 13.2 Å². The van der Waals surface area contributed by atoms with Gasteiger partial charge in [-0.15, -0.1) is 0 Å². The van der Waals surface area contributed by atoms with Crippen LogP contribution in [0.5, 0.6) is 0 Å². The molecule has 2 atom stereocenters. The Morgan fingerprint density at radius 1 is 1.24 bits per heavy atom. The lowest BCUT2D eigenvalue weighted by molar-refractivity contribution is -0.137. The molecule has 2 heterocycles. The number of hydrogen-bond acceptors (Lipinski definition) is 5. The van der Waals surface area contributed by atoms with E-state index in [4.69, 9.17) is 0 Å². The third-order valence-electron chi connectivity index (χ3n) is 4.06. The predicted octanol–water partition coefficient (Wildman–Crippen LogP) is 2.35. The molecule has 0 amide bonds. The van der Waals surface area contributed by atoms with Crippen LogP contribution >= 0.6 is 0 Å². The van der Waals surface area contributed by atoms with Crippen molar-refractivity contribution in [3.05, 3.63) is 41.5 Å². The lowest BCUT2D eigenvalue weighted by Crippen LogP contribution is -2.32. The molecule has 1 aliphatic heterocycles. The highest BCUT2D eigenvalue weighted by Crippen LogP contribution is 2.33. The number of nitrogens with zero attached hydrogens (tertiary/aromatic N) is 2. The van der Waals surface area contributed by atoms with Gasteiger partial charge in [0.25, 0.3) is 0 Å². The van der Waals surface area contributed by atoms with Crippen LogP contribution in [0.25, 0.3) is 11.1 Å². The fourth-order valence-electron chi connectivity index (χ4n) is 2.69. The van der Waals surface area contributed by atoms with E-state index in [9.17, 15) is 22.7 Å². The van der Waals surface area contributed by atoms with Gasteiger partial charge in [0, 0.05) is 30.4 Å². The number of nitrogens with one attached hydrogen (secondary N) is 2. The van der Waals surface area contributed by atoms with Crippen molar-refractivity contribution in [2.75, 3.05) is 18.4 Å². The molecule has 3 rings (SSSR count). The molecule has 5 nitrogen and oxygen atoms in total. The monoisotopic (exact) mass is 356 g/mol. The second kappa shape index (κ2) is 6.57. The number of anilines is 1. The molecular formula is C16H16F4N4O. The van der Waals surface area contributed by atoms with E-state index in [0.717, 1.165) is 12.1 Å². The molecule has 1 saturated heterocycles. The van der Waals surface area contributed by atoms with Gasteiger partial charge < -0.3 is 15.7 Å². The Kier molecular flexibility index (Phi) is 4.61. The molecule has 2 unspecified atom stereocenters. The summed E-state index contributed by atoms with van der Waals surface area (Å²) in [5.74, 6) is -0.723. The molecule has 1 aromatic heterocycles. The topological polar surface area (TPSA) is 70.1 Å². The number of halogens is 4. The highest BCUT2D eigenvalue weighted by Gasteiger charge is 2.31. The van der Waals surface area contributed by atoms with Crippen molar-refractivity contribution in [1.82, 2.24) is 15.3 Å². The number of alkyl halides is 3. The van der Waals surface area contributed by atoms with E-state index in [1.165, 1.54) is 6.20 Å². The summed E-state index contributed by atoms with van der Waals surface area (Å²) in [6.45, 7) is 2.63. The molecule has 0 radical (unpaired) electrons. The number of rotatable bonds is 3. The van der Waals surface area contributed by atoms with Gasteiger partial charge in [0.15, 0.2) is 0 Å². The fraction of sp³-hybridized carbons (Fsp3) is 0.375. The molecule has 1 fully saturated rings. The zero-order valence-corrected chi connectivity index (χ0v) is 13.2. The summed E-state index contributed by atoms with van der Waals surface area (Å²) < 4.78 is 52.0. The van der Waals surface area contributed by atoms with Gasteiger partial charge in [-0.3, -0.25) is 0 Å². The van der Waals surface area contributed by atoms with Crippen molar-refractivity contribution in [3.63, 3.8) is 0 Å². The van der Waals surface area contributed by atoms with Gasteiger partial charge in [-0.25, -0.2) is 14.4 Å². The van der Waals surface area contributed by atoms with E-state index in [-0.39, 0.29) is 17.6 Å². The number of hydrogen-bond donors (Lipinski definition) is 3. The summed E-state index contributed by atoms with van der Waals surface area (Å²) >= 11 is 0. The van der Waals surface area contributed by atoms with E-state index in [1.54, 1.807) is 6.92 Å². The van der Waals surface area contributed by atoms with Gasteiger partial charge in [-0.05, 0) is 19.1 Å². The number of β-amino-alcohol motifs (C(OH)–C–C–N with tert-alkyl or cyclic N) is 1. The van der Waals surface area contributed by atoms with Crippen molar-refractivity contribution in [3.8, 4) is 11.1 Å². The number of aryl methyl sites for hydroxylation is 1. The zero-order valence-electron chi connectivity index (χ0n) is 13.2. The Balaban J connectivity index is 1.86. The maximum absolute atomic E-state index is 14.1. The number of aliphatic hydroxyl groups excluding tert-OH is 1. The van der Waals surface area contributed by atoms with E-state index in [2.05, 4.69) is 20.6 Å². The molecule has 0 spiro atoms. The molecule has 3 N–H and O–H groups in total. The largest absolute Gasteiger partial charge is 0.416 e. The maximum Gasteiger partial charge on any atom is 0.416 e. The number of aliphatic hydroxyl groups is 1. The first-order valence-corrected chi connectivity index (χ1v) is 7.62. The molecule has 0 saturated carbocycles. The minimum absolute atomic E-state index is 0.000354. The van der Waals surface area contributed by atoms with E-state index < -0.39 is 23.7 Å². The van der Waals surface area contributed by atoms with Gasteiger partial charge in [-0.1, -0.05) is 6.07 Å². The third-order valence-corrected chi connectivity index (χ3v) is 4.06. The minimum atomic E-state index is -4.60. The number of aromatic nitrogens is 2. The second-order valence-corrected chi connectivity index (χ2v) is 5.86. The molecule has 9 heteroatoms. The van der Waals surface area contributed by atoms with Crippen LogP contribution in [0.2, 0.25) is 0 Å². The van der Waals surface area contributed by atoms with Crippen molar-refractivity contribution < 1.29 is 22.7 Å². The molecule has 1 aliphatic rings. The highest BCUT2D eigenvalue weighted by molar-refractivity contribution is 5.66. The second-order valence-electron chi connectivity index (χ2n) is 5.86.